The van der Waals surface area contributed by atoms with Crippen molar-refractivity contribution in [2.24, 2.45) is 11.1 Å². The number of phenols is 1. The van der Waals surface area contributed by atoms with Gasteiger partial charge in [0.25, 0.3) is 5.69 Å². The fourth-order valence-corrected chi connectivity index (χ4v) is 4.80. The second kappa shape index (κ2) is 8.23. The summed E-state index contributed by atoms with van der Waals surface area (Å²) in [6, 6.07) is 12.9. The Bertz CT molecular complexity index is 1320. The highest BCUT2D eigenvalue weighted by atomic mass is 16.6. The van der Waals surface area contributed by atoms with Crippen molar-refractivity contribution in [1.82, 2.24) is 0 Å². The number of para-hydroxylation sites is 2. The molecule has 0 fully saturated rings. The highest BCUT2D eigenvalue weighted by molar-refractivity contribution is 6.02. The average Bonchev–Trinajstić information content (AvgIpc) is 2.78. The lowest BCUT2D eigenvalue weighted by Crippen LogP contribution is -2.42. The topological polar surface area (TPSA) is 143 Å². The smallest absolute Gasteiger partial charge is 0.293 e. The van der Waals surface area contributed by atoms with Crippen LogP contribution in [0.5, 0.6) is 11.5 Å². The lowest BCUT2D eigenvalue weighted by atomic mass is 9.68. The van der Waals surface area contributed by atoms with E-state index in [9.17, 15) is 25.3 Å². The van der Waals surface area contributed by atoms with Crippen LogP contribution in [0.3, 0.4) is 0 Å². The summed E-state index contributed by atoms with van der Waals surface area (Å²) in [7, 11) is 1.41. The normalized spacial score (nSPS) is 19.5. The van der Waals surface area contributed by atoms with Crippen molar-refractivity contribution in [2.45, 2.75) is 32.6 Å². The number of carbonyl (C=O) groups is 1. The minimum Gasteiger partial charge on any atom is -0.504 e. The Morgan fingerprint density at radius 2 is 1.97 bits per heavy atom. The van der Waals surface area contributed by atoms with E-state index >= 15 is 0 Å². The number of ketones is 1. The summed E-state index contributed by atoms with van der Waals surface area (Å²) in [5.74, 6) is -0.813. The first kappa shape index (κ1) is 22.9. The lowest BCUT2D eigenvalue weighted by molar-refractivity contribution is -0.384. The molecule has 174 valence electrons. The summed E-state index contributed by atoms with van der Waals surface area (Å²) in [5.41, 5.74) is 7.68. The largest absolute Gasteiger partial charge is 0.504 e. The Morgan fingerprint density at radius 3 is 2.62 bits per heavy atom. The van der Waals surface area contributed by atoms with Crippen molar-refractivity contribution in [1.29, 1.82) is 5.26 Å². The Labute approximate surface area is 196 Å². The van der Waals surface area contributed by atoms with Crippen molar-refractivity contribution in [2.75, 3.05) is 12.0 Å². The number of methoxy groups -OCH3 is 1. The summed E-state index contributed by atoms with van der Waals surface area (Å²) >= 11 is 0. The number of phenolic OH excluding ortho intramolecular Hbond substituents is 1. The molecular formula is C25H24N4O5. The Hall–Kier alpha value is -4.32. The molecule has 1 aliphatic carbocycles. The van der Waals surface area contributed by atoms with Crippen molar-refractivity contribution in [3.8, 4) is 17.6 Å². The first-order valence-corrected chi connectivity index (χ1v) is 10.7. The van der Waals surface area contributed by atoms with Crippen LogP contribution < -0.4 is 15.4 Å². The van der Waals surface area contributed by atoms with Crippen LogP contribution >= 0.6 is 0 Å². The third kappa shape index (κ3) is 3.63. The van der Waals surface area contributed by atoms with Crippen LogP contribution in [0.25, 0.3) is 0 Å². The summed E-state index contributed by atoms with van der Waals surface area (Å²) in [4.78, 5) is 26.3. The predicted octanol–water partition coefficient (Wildman–Crippen LogP) is 4.25. The first-order chi connectivity index (χ1) is 16.1. The average molecular weight is 460 g/mol. The fraction of sp³-hybridized carbons (Fsp3) is 0.280. The van der Waals surface area contributed by atoms with Gasteiger partial charge in [0.2, 0.25) is 0 Å². The molecular weight excluding hydrogens is 436 g/mol. The zero-order valence-corrected chi connectivity index (χ0v) is 19.0. The van der Waals surface area contributed by atoms with E-state index in [4.69, 9.17) is 10.5 Å². The van der Waals surface area contributed by atoms with Gasteiger partial charge >= 0.3 is 0 Å². The zero-order valence-electron chi connectivity index (χ0n) is 19.0. The first-order valence-electron chi connectivity index (χ1n) is 10.7. The van der Waals surface area contributed by atoms with Crippen LogP contribution in [0.2, 0.25) is 0 Å². The molecule has 1 aliphatic heterocycles. The lowest BCUT2D eigenvalue weighted by Gasteiger charge is -2.43. The number of carbonyl (C=O) groups excluding carboxylic acids is 1. The van der Waals surface area contributed by atoms with Gasteiger partial charge in [-0.1, -0.05) is 32.0 Å². The summed E-state index contributed by atoms with van der Waals surface area (Å²) < 4.78 is 5.23. The maximum atomic E-state index is 13.5. The second-order valence-corrected chi connectivity index (χ2v) is 9.16. The molecule has 9 nitrogen and oxygen atoms in total. The number of anilines is 1. The van der Waals surface area contributed by atoms with Crippen LogP contribution in [-0.4, -0.2) is 22.9 Å². The Morgan fingerprint density at radius 1 is 1.26 bits per heavy atom. The monoisotopic (exact) mass is 460 g/mol. The van der Waals surface area contributed by atoms with E-state index in [1.165, 1.54) is 24.1 Å². The minimum absolute atomic E-state index is 0.0260. The molecule has 0 saturated carbocycles. The van der Waals surface area contributed by atoms with Crippen molar-refractivity contribution in [3.05, 3.63) is 80.8 Å². The van der Waals surface area contributed by atoms with Gasteiger partial charge in [-0.3, -0.25) is 19.8 Å². The quantitative estimate of drug-likeness (QED) is 0.509. The second-order valence-electron chi connectivity index (χ2n) is 9.16. The number of hydrogen-bond acceptors (Lipinski definition) is 8. The fourth-order valence-electron chi connectivity index (χ4n) is 4.80. The molecule has 3 N–H and O–H groups in total. The van der Waals surface area contributed by atoms with Gasteiger partial charge in [0.05, 0.1) is 29.6 Å². The molecule has 1 atom stereocenters. The van der Waals surface area contributed by atoms with Crippen LogP contribution in [0.15, 0.2) is 65.1 Å². The summed E-state index contributed by atoms with van der Waals surface area (Å²) in [5, 5.41) is 32.0. The van der Waals surface area contributed by atoms with Crippen LogP contribution in [0, 0.1) is 26.9 Å². The SMILES string of the molecule is COc1cc(C2C(C#N)=C(N)N(c3ccccc3[N+](=O)[O-])C3=C2C(=O)CC(C)(C)C3)ccc1O. The molecule has 4 rings (SSSR count). The number of nitrogens with two attached hydrogens (primary N) is 1. The molecule has 9 heteroatoms. The van der Waals surface area contributed by atoms with Crippen LogP contribution in [-0.2, 0) is 4.79 Å². The third-order valence-corrected chi connectivity index (χ3v) is 6.24. The van der Waals surface area contributed by atoms with Crippen LogP contribution in [0.4, 0.5) is 11.4 Å². The van der Waals surface area contributed by atoms with E-state index in [2.05, 4.69) is 6.07 Å². The molecule has 0 saturated heterocycles. The number of nitro groups is 1. The van der Waals surface area contributed by atoms with Gasteiger partial charge in [-0.25, -0.2) is 0 Å². The van der Waals surface area contributed by atoms with Crippen molar-refractivity contribution in [3.63, 3.8) is 0 Å². The highest BCUT2D eigenvalue weighted by Gasteiger charge is 2.45. The minimum atomic E-state index is -0.794. The number of rotatable bonds is 4. The zero-order chi connectivity index (χ0) is 24.8. The number of hydrogen-bond donors (Lipinski definition) is 2. The molecule has 2 aromatic carbocycles. The number of nitriles is 1. The molecule has 0 radical (unpaired) electrons. The van der Waals surface area contributed by atoms with E-state index < -0.39 is 16.3 Å². The Kier molecular flexibility index (Phi) is 5.53. The van der Waals surface area contributed by atoms with E-state index in [0.717, 1.165) is 0 Å². The van der Waals surface area contributed by atoms with E-state index in [1.807, 2.05) is 13.8 Å². The highest BCUT2D eigenvalue weighted by Crippen LogP contribution is 2.51. The van der Waals surface area contributed by atoms with Gasteiger partial charge in [0, 0.05) is 23.8 Å². The summed E-state index contributed by atoms with van der Waals surface area (Å²) in [6.07, 6.45) is 0.673. The van der Waals surface area contributed by atoms with E-state index in [-0.39, 0.29) is 46.5 Å². The van der Waals surface area contributed by atoms with Crippen molar-refractivity contribution >= 4 is 17.2 Å². The number of nitrogens with zero attached hydrogens (tertiary/aromatic N) is 3. The van der Waals surface area contributed by atoms with Gasteiger partial charge in [-0.05, 0) is 35.6 Å². The standard InChI is InChI=1S/C25H24N4O5/c1-25(2)11-18-23(20(31)12-25)22(14-8-9-19(30)21(10-14)34-3)15(13-26)24(27)28(18)16-6-4-5-7-17(16)29(32)33/h4-10,22,30H,11-12,27H2,1-3H3. The molecule has 0 aromatic heterocycles. The number of allylic oxidation sites excluding steroid dienone is 3. The molecule has 0 spiro atoms. The van der Waals surface area contributed by atoms with Crippen molar-refractivity contribution < 1.29 is 19.6 Å². The molecule has 1 heterocycles. The maximum absolute atomic E-state index is 13.5. The molecule has 34 heavy (non-hydrogen) atoms. The van der Waals surface area contributed by atoms with Crippen LogP contribution in [0.1, 0.15) is 38.2 Å². The molecule has 2 aliphatic rings. The molecule has 0 amide bonds. The third-order valence-electron chi connectivity index (χ3n) is 6.24. The number of benzene rings is 2. The van der Waals surface area contributed by atoms with E-state index in [0.29, 0.717) is 23.3 Å². The van der Waals surface area contributed by atoms with Gasteiger partial charge in [0.1, 0.15) is 11.5 Å². The predicted molar refractivity (Wildman–Crippen MR) is 125 cm³/mol. The molecule has 1 unspecified atom stereocenters. The molecule has 0 bridgehead atoms. The number of aromatic hydroxyl groups is 1. The number of nitro benzene ring substituents is 1. The number of ether oxygens (including phenoxy) is 1. The van der Waals surface area contributed by atoms with Gasteiger partial charge in [-0.15, -0.1) is 0 Å². The van der Waals surface area contributed by atoms with Gasteiger partial charge < -0.3 is 15.6 Å². The van der Waals surface area contributed by atoms with E-state index in [1.54, 1.807) is 30.3 Å². The maximum Gasteiger partial charge on any atom is 0.293 e. The molecule has 2 aromatic rings. The summed E-state index contributed by atoms with van der Waals surface area (Å²) in [6.45, 7) is 3.90. The van der Waals surface area contributed by atoms with Gasteiger partial charge in [0.15, 0.2) is 17.3 Å². The number of Topliss-reactive ketones (excluding diaryl/α,β-unsaturated/α-hetero) is 1. The van der Waals surface area contributed by atoms with Gasteiger partial charge in [-0.2, -0.15) is 5.26 Å². The Balaban J connectivity index is 2.04.